The summed E-state index contributed by atoms with van der Waals surface area (Å²) in [5, 5.41) is 0.971. The number of carbonyl (C=O) groups is 1. The second-order valence-corrected chi connectivity index (χ2v) is 6.20. The molecule has 1 aliphatic heterocycles. The molecular formula is C17H15Cl2FN2O. The van der Waals surface area contributed by atoms with Gasteiger partial charge in [0.05, 0.1) is 16.3 Å². The summed E-state index contributed by atoms with van der Waals surface area (Å²) in [4.78, 5) is 16.2. The third kappa shape index (κ3) is 3.43. The molecule has 0 radical (unpaired) electrons. The summed E-state index contributed by atoms with van der Waals surface area (Å²) in [5.74, 6) is -0.894. The maximum Gasteiger partial charge on any atom is 0.256 e. The molecule has 0 atom stereocenters. The minimum atomic E-state index is -0.587. The SMILES string of the molecule is O=C(c1ccc(Cl)cc1F)N1CCN(c2ccccc2Cl)CC1. The van der Waals surface area contributed by atoms with Gasteiger partial charge < -0.3 is 9.80 Å². The minimum absolute atomic E-state index is 0.0561. The molecule has 0 unspecified atom stereocenters. The van der Waals surface area contributed by atoms with Crippen LogP contribution in [0.25, 0.3) is 0 Å². The first kappa shape index (κ1) is 16.1. The van der Waals surface area contributed by atoms with Crippen LogP contribution >= 0.6 is 23.2 Å². The van der Waals surface area contributed by atoms with Crippen molar-refractivity contribution < 1.29 is 9.18 Å². The van der Waals surface area contributed by atoms with Crippen LogP contribution in [0.15, 0.2) is 42.5 Å². The van der Waals surface area contributed by atoms with E-state index in [2.05, 4.69) is 4.90 Å². The van der Waals surface area contributed by atoms with E-state index in [0.29, 0.717) is 31.2 Å². The Labute approximate surface area is 144 Å². The number of benzene rings is 2. The van der Waals surface area contributed by atoms with Gasteiger partial charge in [-0.05, 0) is 30.3 Å². The van der Waals surface area contributed by atoms with Crippen LogP contribution < -0.4 is 4.90 Å². The molecule has 0 aromatic heterocycles. The number of piperazine rings is 1. The van der Waals surface area contributed by atoms with Crippen molar-refractivity contribution in [3.05, 3.63) is 63.9 Å². The van der Waals surface area contributed by atoms with Crippen LogP contribution in [0.2, 0.25) is 10.0 Å². The Morgan fingerprint density at radius 3 is 2.35 bits per heavy atom. The largest absolute Gasteiger partial charge is 0.367 e. The first-order valence-corrected chi connectivity index (χ1v) is 8.05. The molecule has 2 aromatic rings. The minimum Gasteiger partial charge on any atom is -0.367 e. The smallest absolute Gasteiger partial charge is 0.256 e. The first-order chi connectivity index (χ1) is 11.1. The van der Waals surface area contributed by atoms with Gasteiger partial charge in [0.2, 0.25) is 0 Å². The van der Waals surface area contributed by atoms with Crippen molar-refractivity contribution >= 4 is 34.8 Å². The van der Waals surface area contributed by atoms with E-state index in [-0.39, 0.29) is 16.5 Å². The predicted molar refractivity (Wildman–Crippen MR) is 91.0 cm³/mol. The van der Waals surface area contributed by atoms with Gasteiger partial charge in [0.25, 0.3) is 5.91 Å². The van der Waals surface area contributed by atoms with Gasteiger partial charge in [-0.25, -0.2) is 4.39 Å². The van der Waals surface area contributed by atoms with Gasteiger partial charge in [-0.2, -0.15) is 0 Å². The Morgan fingerprint density at radius 2 is 1.70 bits per heavy atom. The molecule has 0 aliphatic carbocycles. The fraction of sp³-hybridized carbons (Fsp3) is 0.235. The lowest BCUT2D eigenvalue weighted by atomic mass is 10.1. The Bertz CT molecular complexity index is 730. The number of rotatable bonds is 2. The molecule has 0 N–H and O–H groups in total. The molecule has 6 heteroatoms. The number of halogens is 3. The van der Waals surface area contributed by atoms with E-state index in [4.69, 9.17) is 23.2 Å². The van der Waals surface area contributed by atoms with Crippen molar-refractivity contribution in [2.45, 2.75) is 0 Å². The highest BCUT2D eigenvalue weighted by molar-refractivity contribution is 6.33. The highest BCUT2D eigenvalue weighted by Crippen LogP contribution is 2.26. The van der Waals surface area contributed by atoms with Crippen LogP contribution in [0.5, 0.6) is 0 Å². The number of anilines is 1. The highest BCUT2D eigenvalue weighted by atomic mass is 35.5. The summed E-state index contributed by atoms with van der Waals surface area (Å²) < 4.78 is 13.9. The molecular weight excluding hydrogens is 338 g/mol. The van der Waals surface area contributed by atoms with Gasteiger partial charge in [0.1, 0.15) is 5.82 Å². The molecule has 0 saturated carbocycles. The summed E-state index contributed by atoms with van der Waals surface area (Å²) in [7, 11) is 0. The van der Waals surface area contributed by atoms with Gasteiger partial charge in [-0.15, -0.1) is 0 Å². The van der Waals surface area contributed by atoms with E-state index in [1.165, 1.54) is 12.1 Å². The summed E-state index contributed by atoms with van der Waals surface area (Å²) in [6, 6.07) is 11.7. The molecule has 23 heavy (non-hydrogen) atoms. The summed E-state index contributed by atoms with van der Waals surface area (Å²) >= 11 is 11.9. The van der Waals surface area contributed by atoms with Crippen molar-refractivity contribution in [2.24, 2.45) is 0 Å². The molecule has 1 heterocycles. The predicted octanol–water partition coefficient (Wildman–Crippen LogP) is 4.09. The van der Waals surface area contributed by atoms with E-state index in [1.807, 2.05) is 24.3 Å². The van der Waals surface area contributed by atoms with Gasteiger partial charge in [-0.3, -0.25) is 4.79 Å². The van der Waals surface area contributed by atoms with Crippen LogP contribution in [-0.4, -0.2) is 37.0 Å². The number of para-hydroxylation sites is 1. The number of hydrogen-bond donors (Lipinski definition) is 0. The Balaban J connectivity index is 1.69. The fourth-order valence-corrected chi connectivity index (χ4v) is 3.11. The fourth-order valence-electron chi connectivity index (χ4n) is 2.69. The number of hydrogen-bond acceptors (Lipinski definition) is 2. The Morgan fingerprint density at radius 1 is 1.00 bits per heavy atom. The van der Waals surface area contributed by atoms with E-state index in [1.54, 1.807) is 4.90 Å². The zero-order chi connectivity index (χ0) is 16.4. The second-order valence-electron chi connectivity index (χ2n) is 5.35. The zero-order valence-electron chi connectivity index (χ0n) is 12.3. The van der Waals surface area contributed by atoms with Crippen molar-refractivity contribution in [2.75, 3.05) is 31.1 Å². The highest BCUT2D eigenvalue weighted by Gasteiger charge is 2.24. The van der Waals surface area contributed by atoms with E-state index < -0.39 is 5.82 Å². The molecule has 0 spiro atoms. The van der Waals surface area contributed by atoms with Crippen molar-refractivity contribution in [3.63, 3.8) is 0 Å². The van der Waals surface area contributed by atoms with Crippen LogP contribution in [0.4, 0.5) is 10.1 Å². The Kier molecular flexibility index (Phi) is 4.74. The molecule has 0 bridgehead atoms. The topological polar surface area (TPSA) is 23.6 Å². The molecule has 120 valence electrons. The number of amides is 1. The van der Waals surface area contributed by atoms with Crippen molar-refractivity contribution in [1.29, 1.82) is 0 Å². The van der Waals surface area contributed by atoms with Gasteiger partial charge in [0.15, 0.2) is 0 Å². The zero-order valence-corrected chi connectivity index (χ0v) is 13.8. The van der Waals surface area contributed by atoms with E-state index in [0.717, 1.165) is 11.8 Å². The number of nitrogens with zero attached hydrogens (tertiary/aromatic N) is 2. The average Bonchev–Trinajstić information content (AvgIpc) is 2.55. The lowest BCUT2D eigenvalue weighted by Crippen LogP contribution is -2.49. The summed E-state index contributed by atoms with van der Waals surface area (Å²) in [5.41, 5.74) is 1.01. The monoisotopic (exact) mass is 352 g/mol. The second kappa shape index (κ2) is 6.77. The van der Waals surface area contributed by atoms with Crippen LogP contribution in [0.3, 0.4) is 0 Å². The summed E-state index contributed by atoms with van der Waals surface area (Å²) in [6.45, 7) is 2.35. The molecule has 1 saturated heterocycles. The van der Waals surface area contributed by atoms with Crippen LogP contribution in [0.1, 0.15) is 10.4 Å². The van der Waals surface area contributed by atoms with E-state index in [9.17, 15) is 9.18 Å². The van der Waals surface area contributed by atoms with Crippen molar-refractivity contribution in [3.8, 4) is 0 Å². The third-order valence-corrected chi connectivity index (χ3v) is 4.48. The lowest BCUT2D eigenvalue weighted by molar-refractivity contribution is 0.0742. The normalized spacial score (nSPS) is 14.9. The third-order valence-electron chi connectivity index (χ3n) is 3.92. The number of carbonyl (C=O) groups excluding carboxylic acids is 1. The maximum absolute atomic E-state index is 13.9. The molecule has 1 fully saturated rings. The standard InChI is InChI=1S/C17H15Cl2FN2O/c18-12-5-6-13(15(20)11-12)17(23)22-9-7-21(8-10-22)16-4-2-1-3-14(16)19/h1-6,11H,7-10H2. The van der Waals surface area contributed by atoms with Crippen LogP contribution in [0, 0.1) is 5.82 Å². The van der Waals surface area contributed by atoms with Crippen LogP contribution in [-0.2, 0) is 0 Å². The quantitative estimate of drug-likeness (QED) is 0.812. The lowest BCUT2D eigenvalue weighted by Gasteiger charge is -2.36. The van der Waals surface area contributed by atoms with Gasteiger partial charge in [0, 0.05) is 31.2 Å². The van der Waals surface area contributed by atoms with Gasteiger partial charge in [-0.1, -0.05) is 35.3 Å². The molecule has 1 amide bonds. The maximum atomic E-state index is 13.9. The molecule has 3 nitrogen and oxygen atoms in total. The average molecular weight is 353 g/mol. The summed E-state index contributed by atoms with van der Waals surface area (Å²) in [6.07, 6.45) is 0. The Hall–Kier alpha value is -1.78. The van der Waals surface area contributed by atoms with E-state index >= 15 is 0 Å². The first-order valence-electron chi connectivity index (χ1n) is 7.30. The van der Waals surface area contributed by atoms with Crippen molar-refractivity contribution in [1.82, 2.24) is 4.90 Å². The van der Waals surface area contributed by atoms with Gasteiger partial charge >= 0.3 is 0 Å². The molecule has 3 rings (SSSR count). The molecule has 1 aliphatic rings. The molecule has 2 aromatic carbocycles.